The molecule has 7 heteroatoms. The Morgan fingerprint density at radius 3 is 2.88 bits per heavy atom. The van der Waals surface area contributed by atoms with E-state index in [0.717, 1.165) is 27.7 Å². The maximum absolute atomic E-state index is 11.2. The molecule has 0 aliphatic carbocycles. The largest absolute Gasteiger partial charge is 0.478 e. The first-order valence-electron chi connectivity index (χ1n) is 8.00. The fraction of sp³-hybridized carbons (Fsp3) is 0.0526. The molecule has 0 aliphatic rings. The van der Waals surface area contributed by atoms with Crippen molar-refractivity contribution in [3.05, 3.63) is 72.4 Å². The second kappa shape index (κ2) is 6.64. The lowest BCUT2D eigenvalue weighted by molar-refractivity contribution is 0.0696. The van der Waals surface area contributed by atoms with Crippen molar-refractivity contribution < 1.29 is 9.90 Å². The standard InChI is InChI=1S/C19H15N5O2/c25-19(26)14-6-13(10-21-11-14)16-7-17(24-18-15(16)3-5-22-18)23-9-12-2-1-4-20-8-12/h1-8,10-11H,9H2,(H,25,26)(H2,22,23,24). The highest BCUT2D eigenvalue weighted by molar-refractivity contribution is 5.96. The smallest absolute Gasteiger partial charge is 0.337 e. The molecule has 0 atom stereocenters. The maximum atomic E-state index is 11.2. The molecule has 4 aromatic rings. The van der Waals surface area contributed by atoms with Crippen molar-refractivity contribution in [2.75, 3.05) is 5.32 Å². The second-order valence-corrected chi connectivity index (χ2v) is 5.78. The molecule has 0 spiro atoms. The van der Waals surface area contributed by atoms with E-state index in [1.807, 2.05) is 24.3 Å². The third kappa shape index (κ3) is 3.10. The molecular formula is C19H15N5O2. The van der Waals surface area contributed by atoms with Gasteiger partial charge in [-0.05, 0) is 35.4 Å². The molecule has 4 rings (SSSR count). The van der Waals surface area contributed by atoms with Gasteiger partial charge in [0.2, 0.25) is 0 Å². The van der Waals surface area contributed by atoms with Crippen LogP contribution in [0.2, 0.25) is 0 Å². The van der Waals surface area contributed by atoms with E-state index in [0.29, 0.717) is 12.4 Å². The van der Waals surface area contributed by atoms with E-state index in [2.05, 4.69) is 25.3 Å². The Morgan fingerprint density at radius 2 is 2.08 bits per heavy atom. The van der Waals surface area contributed by atoms with Crippen molar-refractivity contribution in [3.63, 3.8) is 0 Å². The lowest BCUT2D eigenvalue weighted by Gasteiger charge is -2.10. The van der Waals surface area contributed by atoms with E-state index in [1.165, 1.54) is 6.20 Å². The highest BCUT2D eigenvalue weighted by atomic mass is 16.4. The van der Waals surface area contributed by atoms with Gasteiger partial charge in [0.05, 0.1) is 5.56 Å². The molecule has 0 amide bonds. The fourth-order valence-electron chi connectivity index (χ4n) is 2.77. The molecule has 0 saturated heterocycles. The van der Waals surface area contributed by atoms with Crippen molar-refractivity contribution in [1.29, 1.82) is 0 Å². The first-order chi connectivity index (χ1) is 12.7. The van der Waals surface area contributed by atoms with Gasteiger partial charge in [-0.25, -0.2) is 9.78 Å². The van der Waals surface area contributed by atoms with Crippen LogP contribution >= 0.6 is 0 Å². The molecule has 26 heavy (non-hydrogen) atoms. The summed E-state index contributed by atoms with van der Waals surface area (Å²) in [5.41, 5.74) is 3.49. The fourth-order valence-corrected chi connectivity index (χ4v) is 2.77. The molecule has 3 N–H and O–H groups in total. The summed E-state index contributed by atoms with van der Waals surface area (Å²) >= 11 is 0. The molecule has 7 nitrogen and oxygen atoms in total. The average molecular weight is 345 g/mol. The Bertz CT molecular complexity index is 1080. The van der Waals surface area contributed by atoms with Crippen LogP contribution in [-0.4, -0.2) is 31.0 Å². The van der Waals surface area contributed by atoms with Crippen LogP contribution in [0, 0.1) is 0 Å². The Labute approximate surface area is 148 Å². The Kier molecular flexibility index (Phi) is 4.03. The zero-order valence-corrected chi connectivity index (χ0v) is 13.7. The predicted octanol–water partition coefficient (Wildman–Crippen LogP) is 3.33. The number of hydrogen-bond donors (Lipinski definition) is 3. The van der Waals surface area contributed by atoms with Crippen LogP contribution in [0.5, 0.6) is 0 Å². The molecule has 0 aliphatic heterocycles. The number of aromatic nitrogens is 4. The minimum absolute atomic E-state index is 0.146. The number of nitrogens with one attached hydrogen (secondary N) is 2. The SMILES string of the molecule is O=C(O)c1cncc(-c2cc(NCc3cccnc3)nc3[nH]ccc23)c1. The Balaban J connectivity index is 1.73. The van der Waals surface area contributed by atoms with Gasteiger partial charge in [-0.15, -0.1) is 0 Å². The van der Waals surface area contributed by atoms with Crippen LogP contribution in [0.4, 0.5) is 5.82 Å². The van der Waals surface area contributed by atoms with E-state index in [-0.39, 0.29) is 5.56 Å². The number of carboxylic acids is 1. The van der Waals surface area contributed by atoms with E-state index in [1.54, 1.807) is 30.9 Å². The summed E-state index contributed by atoms with van der Waals surface area (Å²) in [6, 6.07) is 9.29. The van der Waals surface area contributed by atoms with Gasteiger partial charge in [0.25, 0.3) is 0 Å². The summed E-state index contributed by atoms with van der Waals surface area (Å²) in [6.45, 7) is 0.583. The number of carbonyl (C=O) groups is 1. The van der Waals surface area contributed by atoms with Crippen LogP contribution in [0.1, 0.15) is 15.9 Å². The lowest BCUT2D eigenvalue weighted by Crippen LogP contribution is -2.02. The van der Waals surface area contributed by atoms with Crippen LogP contribution in [0.25, 0.3) is 22.2 Å². The van der Waals surface area contributed by atoms with E-state index >= 15 is 0 Å². The minimum atomic E-state index is -1.01. The number of aromatic amines is 1. The zero-order valence-electron chi connectivity index (χ0n) is 13.7. The van der Waals surface area contributed by atoms with Gasteiger partial charge in [0, 0.05) is 48.5 Å². The third-order valence-electron chi connectivity index (χ3n) is 4.02. The minimum Gasteiger partial charge on any atom is -0.478 e. The van der Waals surface area contributed by atoms with Crippen molar-refractivity contribution in [1.82, 2.24) is 19.9 Å². The third-order valence-corrected chi connectivity index (χ3v) is 4.02. The van der Waals surface area contributed by atoms with Gasteiger partial charge in [0.15, 0.2) is 0 Å². The van der Waals surface area contributed by atoms with E-state index in [9.17, 15) is 9.90 Å². The summed E-state index contributed by atoms with van der Waals surface area (Å²) in [5.74, 6) is -0.326. The molecule has 0 radical (unpaired) electrons. The normalized spacial score (nSPS) is 10.8. The monoisotopic (exact) mass is 345 g/mol. The van der Waals surface area contributed by atoms with Crippen molar-refractivity contribution >= 4 is 22.8 Å². The highest BCUT2D eigenvalue weighted by Crippen LogP contribution is 2.30. The lowest BCUT2D eigenvalue weighted by atomic mass is 10.0. The Hall–Kier alpha value is -3.74. The van der Waals surface area contributed by atoms with Gasteiger partial charge in [-0.2, -0.15) is 0 Å². The highest BCUT2D eigenvalue weighted by Gasteiger charge is 2.12. The van der Waals surface area contributed by atoms with Gasteiger partial charge in [0.1, 0.15) is 11.5 Å². The molecule has 0 fully saturated rings. The zero-order chi connectivity index (χ0) is 17.9. The Morgan fingerprint density at radius 1 is 1.15 bits per heavy atom. The first-order valence-corrected chi connectivity index (χ1v) is 8.00. The number of H-pyrrole nitrogens is 1. The number of hydrogen-bond acceptors (Lipinski definition) is 5. The number of aromatic carboxylic acids is 1. The molecule has 0 bridgehead atoms. The number of rotatable bonds is 5. The van der Waals surface area contributed by atoms with Gasteiger partial charge >= 0.3 is 5.97 Å². The average Bonchev–Trinajstić information content (AvgIpc) is 3.15. The summed E-state index contributed by atoms with van der Waals surface area (Å²) in [4.78, 5) is 27.1. The molecule has 4 heterocycles. The molecule has 128 valence electrons. The summed E-state index contributed by atoms with van der Waals surface area (Å²) in [7, 11) is 0. The second-order valence-electron chi connectivity index (χ2n) is 5.78. The van der Waals surface area contributed by atoms with Gasteiger partial charge in [-0.1, -0.05) is 6.07 Å². The molecule has 0 aromatic carbocycles. The quantitative estimate of drug-likeness (QED) is 0.512. The van der Waals surface area contributed by atoms with Crippen LogP contribution < -0.4 is 5.32 Å². The number of pyridine rings is 3. The van der Waals surface area contributed by atoms with E-state index < -0.39 is 5.97 Å². The number of carboxylic acid groups (broad SMARTS) is 1. The van der Waals surface area contributed by atoms with Crippen LogP contribution in [0.15, 0.2) is 61.3 Å². The molecule has 0 unspecified atom stereocenters. The molecule has 0 saturated carbocycles. The summed E-state index contributed by atoms with van der Waals surface area (Å²) in [5, 5.41) is 13.4. The maximum Gasteiger partial charge on any atom is 0.337 e. The van der Waals surface area contributed by atoms with Gasteiger partial charge in [-0.3, -0.25) is 9.97 Å². The first kappa shape index (κ1) is 15.8. The van der Waals surface area contributed by atoms with Crippen molar-refractivity contribution in [2.45, 2.75) is 6.54 Å². The molecule has 4 aromatic heterocycles. The number of fused-ring (bicyclic) bond motifs is 1. The van der Waals surface area contributed by atoms with Gasteiger partial charge < -0.3 is 15.4 Å². The summed E-state index contributed by atoms with van der Waals surface area (Å²) in [6.07, 6.45) is 8.32. The van der Waals surface area contributed by atoms with Crippen molar-refractivity contribution in [3.8, 4) is 11.1 Å². The topological polar surface area (TPSA) is 104 Å². The van der Waals surface area contributed by atoms with E-state index in [4.69, 9.17) is 0 Å². The van der Waals surface area contributed by atoms with Crippen LogP contribution in [-0.2, 0) is 6.54 Å². The molecular weight excluding hydrogens is 330 g/mol. The van der Waals surface area contributed by atoms with Crippen molar-refractivity contribution in [2.24, 2.45) is 0 Å². The predicted molar refractivity (Wildman–Crippen MR) is 97.8 cm³/mol. The number of anilines is 1. The van der Waals surface area contributed by atoms with Crippen LogP contribution in [0.3, 0.4) is 0 Å². The summed E-state index contributed by atoms with van der Waals surface area (Å²) < 4.78 is 0. The number of nitrogens with zero attached hydrogens (tertiary/aromatic N) is 3.